The van der Waals surface area contributed by atoms with Gasteiger partial charge in [0.2, 0.25) is 11.8 Å². The molecule has 2 aliphatic rings. The minimum absolute atomic E-state index is 0.0898. The Morgan fingerprint density at radius 2 is 1.97 bits per heavy atom. The minimum atomic E-state index is -0.970. The number of aryl methyl sites for hydroxylation is 1. The first-order chi connectivity index (χ1) is 13.9. The maximum atomic E-state index is 12.9. The SMILES string of the molecule is Cn1cc(CN)c(NCc2ccc3c(c2)C(=O)N(C2CCC(=O)NC2=O)C3=O)n1. The molecule has 3 heterocycles. The number of aromatic nitrogens is 2. The Bertz CT molecular complexity index is 1040. The van der Waals surface area contributed by atoms with E-state index in [4.69, 9.17) is 5.73 Å². The number of nitrogens with one attached hydrogen (secondary N) is 2. The molecular formula is C19H20N6O4. The van der Waals surface area contributed by atoms with Gasteiger partial charge in [-0.15, -0.1) is 0 Å². The fraction of sp³-hybridized carbons (Fsp3) is 0.316. The summed E-state index contributed by atoms with van der Waals surface area (Å²) in [5.74, 6) is -1.41. The predicted molar refractivity (Wildman–Crippen MR) is 102 cm³/mol. The number of nitrogens with zero attached hydrogens (tertiary/aromatic N) is 3. The van der Waals surface area contributed by atoms with E-state index in [2.05, 4.69) is 15.7 Å². The molecule has 0 spiro atoms. The number of rotatable bonds is 5. The highest BCUT2D eigenvalue weighted by atomic mass is 16.2. The molecule has 29 heavy (non-hydrogen) atoms. The Balaban J connectivity index is 1.54. The fourth-order valence-corrected chi connectivity index (χ4v) is 3.65. The molecule has 2 aromatic rings. The molecule has 1 saturated heterocycles. The topological polar surface area (TPSA) is 139 Å². The molecule has 0 saturated carbocycles. The molecule has 0 bridgehead atoms. The second-order valence-corrected chi connectivity index (χ2v) is 7.06. The molecule has 0 aliphatic carbocycles. The molecule has 0 radical (unpaired) electrons. The average Bonchev–Trinajstić information content (AvgIpc) is 3.18. The molecule has 1 unspecified atom stereocenters. The standard InChI is InChI=1S/C19H20N6O4/c1-24-9-11(7-20)16(23-24)21-8-10-2-3-12-13(6-10)19(29)25(18(12)28)14-4-5-15(26)22-17(14)27/h2-3,6,9,14H,4-5,7-8,20H2,1H3,(H,21,23)(H,22,26,27). The van der Waals surface area contributed by atoms with E-state index in [1.54, 1.807) is 29.9 Å². The maximum absolute atomic E-state index is 12.9. The summed E-state index contributed by atoms with van der Waals surface area (Å²) < 4.78 is 1.66. The average molecular weight is 396 g/mol. The van der Waals surface area contributed by atoms with Gasteiger partial charge in [0.25, 0.3) is 11.8 Å². The first-order valence-corrected chi connectivity index (χ1v) is 9.20. The van der Waals surface area contributed by atoms with E-state index in [0.29, 0.717) is 18.9 Å². The molecule has 4 amide bonds. The van der Waals surface area contributed by atoms with Crippen molar-refractivity contribution >= 4 is 29.4 Å². The van der Waals surface area contributed by atoms with Crippen LogP contribution in [-0.2, 0) is 29.7 Å². The van der Waals surface area contributed by atoms with Gasteiger partial charge in [-0.3, -0.25) is 34.1 Å². The van der Waals surface area contributed by atoms with Crippen molar-refractivity contribution in [2.45, 2.75) is 32.0 Å². The van der Waals surface area contributed by atoms with Crippen molar-refractivity contribution in [1.82, 2.24) is 20.0 Å². The van der Waals surface area contributed by atoms with Crippen molar-refractivity contribution in [3.05, 3.63) is 46.6 Å². The number of carbonyl (C=O) groups excluding carboxylic acids is 4. The van der Waals surface area contributed by atoms with E-state index >= 15 is 0 Å². The van der Waals surface area contributed by atoms with Crippen LogP contribution in [0.1, 0.15) is 44.7 Å². The number of amides is 4. The molecule has 10 heteroatoms. The summed E-state index contributed by atoms with van der Waals surface area (Å²) in [6, 6.07) is 4.00. The smallest absolute Gasteiger partial charge is 0.262 e. The van der Waals surface area contributed by atoms with E-state index in [9.17, 15) is 19.2 Å². The Hall–Kier alpha value is -3.53. The molecule has 150 valence electrons. The van der Waals surface area contributed by atoms with Crippen LogP contribution >= 0.6 is 0 Å². The van der Waals surface area contributed by atoms with Crippen LogP contribution in [0.25, 0.3) is 0 Å². The van der Waals surface area contributed by atoms with Crippen molar-refractivity contribution in [3.63, 3.8) is 0 Å². The molecule has 10 nitrogen and oxygen atoms in total. The number of piperidine rings is 1. The third-order valence-electron chi connectivity index (χ3n) is 5.09. The third-order valence-corrected chi connectivity index (χ3v) is 5.09. The molecule has 1 atom stereocenters. The zero-order valence-electron chi connectivity index (χ0n) is 15.8. The van der Waals surface area contributed by atoms with Crippen LogP contribution in [-0.4, -0.2) is 44.4 Å². The van der Waals surface area contributed by atoms with Gasteiger partial charge in [-0.1, -0.05) is 6.07 Å². The molecule has 2 aliphatic heterocycles. The Kier molecular flexibility index (Phi) is 4.63. The Labute approximate surface area is 166 Å². The lowest BCUT2D eigenvalue weighted by Crippen LogP contribution is -2.54. The van der Waals surface area contributed by atoms with Gasteiger partial charge in [-0.25, -0.2) is 0 Å². The van der Waals surface area contributed by atoms with Crippen LogP contribution in [0.15, 0.2) is 24.4 Å². The summed E-state index contributed by atoms with van der Waals surface area (Å²) in [5, 5.41) is 9.67. The van der Waals surface area contributed by atoms with Crippen molar-refractivity contribution in [2.24, 2.45) is 12.8 Å². The van der Waals surface area contributed by atoms with Gasteiger partial charge in [-0.05, 0) is 24.1 Å². The van der Waals surface area contributed by atoms with Gasteiger partial charge >= 0.3 is 0 Å². The maximum Gasteiger partial charge on any atom is 0.262 e. The van der Waals surface area contributed by atoms with Crippen LogP contribution in [0.5, 0.6) is 0 Å². The molecule has 1 aromatic heterocycles. The molecule has 1 fully saturated rings. The molecule has 1 aromatic carbocycles. The summed E-state index contributed by atoms with van der Waals surface area (Å²) in [7, 11) is 1.80. The van der Waals surface area contributed by atoms with Gasteiger partial charge in [-0.2, -0.15) is 5.10 Å². The van der Waals surface area contributed by atoms with E-state index in [0.717, 1.165) is 16.0 Å². The lowest BCUT2D eigenvalue weighted by Gasteiger charge is -2.27. The number of benzene rings is 1. The van der Waals surface area contributed by atoms with Crippen LogP contribution < -0.4 is 16.4 Å². The summed E-state index contributed by atoms with van der Waals surface area (Å²) in [4.78, 5) is 50.0. The number of anilines is 1. The van der Waals surface area contributed by atoms with Crippen LogP contribution in [0.4, 0.5) is 5.82 Å². The number of nitrogens with two attached hydrogens (primary N) is 1. The third kappa shape index (κ3) is 3.27. The number of hydrogen-bond donors (Lipinski definition) is 3. The summed E-state index contributed by atoms with van der Waals surface area (Å²) >= 11 is 0. The Morgan fingerprint density at radius 3 is 2.69 bits per heavy atom. The number of hydrogen-bond acceptors (Lipinski definition) is 7. The summed E-state index contributed by atoms with van der Waals surface area (Å²) in [5.41, 5.74) is 7.86. The lowest BCUT2D eigenvalue weighted by atomic mass is 10.0. The first kappa shape index (κ1) is 18.8. The van der Waals surface area contributed by atoms with Crippen molar-refractivity contribution in [3.8, 4) is 0 Å². The molecule has 4 rings (SSSR count). The van der Waals surface area contributed by atoms with Gasteiger partial charge < -0.3 is 11.1 Å². The van der Waals surface area contributed by atoms with Crippen molar-refractivity contribution < 1.29 is 19.2 Å². The highest BCUT2D eigenvalue weighted by Gasteiger charge is 2.44. The highest BCUT2D eigenvalue weighted by Crippen LogP contribution is 2.28. The van der Waals surface area contributed by atoms with Crippen molar-refractivity contribution in [1.29, 1.82) is 0 Å². The van der Waals surface area contributed by atoms with Crippen LogP contribution in [0.2, 0.25) is 0 Å². The Morgan fingerprint density at radius 1 is 1.21 bits per heavy atom. The number of carbonyl (C=O) groups is 4. The lowest BCUT2D eigenvalue weighted by molar-refractivity contribution is -0.136. The largest absolute Gasteiger partial charge is 0.364 e. The van der Waals surface area contributed by atoms with Gasteiger partial charge in [0.15, 0.2) is 5.82 Å². The zero-order chi connectivity index (χ0) is 20.7. The van der Waals surface area contributed by atoms with Crippen molar-refractivity contribution in [2.75, 3.05) is 5.32 Å². The van der Waals surface area contributed by atoms with Gasteiger partial charge in [0.1, 0.15) is 6.04 Å². The minimum Gasteiger partial charge on any atom is -0.364 e. The number of fused-ring (bicyclic) bond motifs is 1. The van der Waals surface area contributed by atoms with Gasteiger partial charge in [0.05, 0.1) is 11.1 Å². The second kappa shape index (κ2) is 7.13. The molecular weight excluding hydrogens is 376 g/mol. The number of imide groups is 2. The molecule has 4 N–H and O–H groups in total. The highest BCUT2D eigenvalue weighted by molar-refractivity contribution is 6.23. The van der Waals surface area contributed by atoms with E-state index < -0.39 is 29.7 Å². The monoisotopic (exact) mass is 396 g/mol. The van der Waals surface area contributed by atoms with E-state index in [1.807, 2.05) is 6.20 Å². The van der Waals surface area contributed by atoms with E-state index in [-0.39, 0.29) is 24.0 Å². The normalized spacial score (nSPS) is 18.8. The second-order valence-electron chi connectivity index (χ2n) is 7.06. The van der Waals surface area contributed by atoms with Crippen LogP contribution in [0, 0.1) is 0 Å². The fourth-order valence-electron chi connectivity index (χ4n) is 3.65. The van der Waals surface area contributed by atoms with E-state index in [1.165, 1.54) is 0 Å². The zero-order valence-corrected chi connectivity index (χ0v) is 15.8. The van der Waals surface area contributed by atoms with Crippen LogP contribution in [0.3, 0.4) is 0 Å². The summed E-state index contributed by atoms with van der Waals surface area (Å²) in [6.07, 6.45) is 2.05. The summed E-state index contributed by atoms with van der Waals surface area (Å²) in [6.45, 7) is 0.728. The quantitative estimate of drug-likeness (QED) is 0.599. The first-order valence-electron chi connectivity index (χ1n) is 9.20. The van der Waals surface area contributed by atoms with Gasteiger partial charge in [0, 0.05) is 38.3 Å². The predicted octanol–water partition coefficient (Wildman–Crippen LogP) is -0.108.